The Morgan fingerprint density at radius 1 is 1.09 bits per heavy atom. The fraction of sp³-hybridized carbons (Fsp3) is 0.710. The molecule has 1 spiro atoms. The largest absolute Gasteiger partial charge is 0.378 e. The monoisotopic (exact) mass is 476 g/mol. The van der Waals surface area contributed by atoms with Gasteiger partial charge >= 0.3 is 0 Å². The molecule has 0 aromatic heterocycles. The van der Waals surface area contributed by atoms with Crippen molar-refractivity contribution in [3.63, 3.8) is 0 Å². The molecule has 4 heteroatoms. The van der Waals surface area contributed by atoms with Gasteiger partial charge in [-0.25, -0.2) is 0 Å². The van der Waals surface area contributed by atoms with Crippen molar-refractivity contribution < 1.29 is 9.90 Å². The van der Waals surface area contributed by atoms with E-state index >= 15 is 0 Å². The molecule has 4 nitrogen and oxygen atoms in total. The molecule has 1 aromatic carbocycles. The Morgan fingerprint density at radius 3 is 2.60 bits per heavy atom. The molecule has 190 valence electrons. The standard InChI is InChI=1S/C31H44N2O2/c1-20-25-12-13-27-24-11-10-22-18-23(33(4)29(35)28(34)21-8-6-5-7-9-21)14-16-30(22,2)26(24)15-17-31(25,27)19-32(20)3/h5-10,20,23-28,34H,11-19H2,1-4H3/t20-,23-,24+,25+,26-,27-,28?,30-,31?/m0/s1. The van der Waals surface area contributed by atoms with Crippen LogP contribution in [0.5, 0.6) is 0 Å². The molecule has 2 unspecified atom stereocenters. The molecule has 6 rings (SSSR count). The number of nitrogens with zero attached hydrogens (tertiary/aromatic N) is 2. The molecule has 9 atom stereocenters. The van der Waals surface area contributed by atoms with Gasteiger partial charge in [0.1, 0.15) is 0 Å². The highest BCUT2D eigenvalue weighted by Gasteiger charge is 2.64. The maximum absolute atomic E-state index is 13.1. The first-order valence-corrected chi connectivity index (χ1v) is 14.2. The number of benzene rings is 1. The van der Waals surface area contributed by atoms with Gasteiger partial charge in [0, 0.05) is 25.7 Å². The van der Waals surface area contributed by atoms with Crippen LogP contribution < -0.4 is 0 Å². The van der Waals surface area contributed by atoms with Crippen LogP contribution in [-0.4, -0.2) is 53.5 Å². The maximum atomic E-state index is 13.1. The number of aliphatic hydroxyl groups is 1. The molecule has 3 saturated carbocycles. The van der Waals surface area contributed by atoms with E-state index in [-0.39, 0.29) is 17.4 Å². The van der Waals surface area contributed by atoms with Crippen molar-refractivity contribution in [2.45, 2.75) is 83.4 Å². The number of fused-ring (bicyclic) bond motifs is 4. The molecule has 1 aromatic rings. The van der Waals surface area contributed by atoms with Gasteiger partial charge in [0.15, 0.2) is 6.10 Å². The predicted octanol–water partition coefficient (Wildman–Crippen LogP) is 5.44. The molecule has 1 N–H and O–H groups in total. The average Bonchev–Trinajstić information content (AvgIpc) is 3.36. The van der Waals surface area contributed by atoms with E-state index in [1.807, 2.05) is 42.3 Å². The van der Waals surface area contributed by atoms with Crippen LogP contribution in [0.15, 0.2) is 42.0 Å². The van der Waals surface area contributed by atoms with Gasteiger partial charge in [0.25, 0.3) is 5.91 Å². The molecule has 4 fully saturated rings. The summed E-state index contributed by atoms with van der Waals surface area (Å²) in [6, 6.07) is 10.3. The molecule has 1 saturated heterocycles. The maximum Gasteiger partial charge on any atom is 0.256 e. The fourth-order valence-electron chi connectivity index (χ4n) is 9.92. The first-order valence-electron chi connectivity index (χ1n) is 14.2. The number of rotatable bonds is 3. The van der Waals surface area contributed by atoms with Crippen molar-refractivity contribution in [2.24, 2.45) is 34.5 Å². The summed E-state index contributed by atoms with van der Waals surface area (Å²) in [4.78, 5) is 17.6. The van der Waals surface area contributed by atoms with Gasteiger partial charge in [-0.1, -0.05) is 48.9 Å². The molecule has 0 bridgehead atoms. The average molecular weight is 477 g/mol. The van der Waals surface area contributed by atoms with Crippen LogP contribution in [0.2, 0.25) is 0 Å². The smallest absolute Gasteiger partial charge is 0.256 e. The molecule has 1 amide bonds. The first kappa shape index (κ1) is 23.7. The SMILES string of the molecule is C[C@H]1[C@H]2CC[C@H]3[C@@H]4CC=C5C[C@@H](N(C)C(=O)C(O)c6ccccc6)CC[C@]5(C)[C@H]4CCC23CN1C. The third-order valence-electron chi connectivity index (χ3n) is 11.9. The van der Waals surface area contributed by atoms with Crippen LogP contribution >= 0.6 is 0 Å². The van der Waals surface area contributed by atoms with Crippen molar-refractivity contribution in [3.05, 3.63) is 47.5 Å². The minimum Gasteiger partial charge on any atom is -0.378 e. The Labute approximate surface area is 211 Å². The van der Waals surface area contributed by atoms with Crippen molar-refractivity contribution in [1.82, 2.24) is 9.80 Å². The minimum absolute atomic E-state index is 0.171. The van der Waals surface area contributed by atoms with E-state index in [9.17, 15) is 9.90 Å². The van der Waals surface area contributed by atoms with E-state index in [0.717, 1.165) is 42.6 Å². The van der Waals surface area contributed by atoms with E-state index in [1.54, 1.807) is 5.57 Å². The van der Waals surface area contributed by atoms with Gasteiger partial charge in [-0.05, 0) is 105 Å². The van der Waals surface area contributed by atoms with E-state index in [0.29, 0.717) is 11.0 Å². The summed E-state index contributed by atoms with van der Waals surface area (Å²) in [6.07, 6.45) is 11.6. The van der Waals surface area contributed by atoms with E-state index in [1.165, 1.54) is 45.1 Å². The van der Waals surface area contributed by atoms with E-state index in [2.05, 4.69) is 31.9 Å². The third kappa shape index (κ3) is 3.42. The number of carbonyl (C=O) groups is 1. The second kappa shape index (κ2) is 8.45. The van der Waals surface area contributed by atoms with Crippen molar-refractivity contribution >= 4 is 5.91 Å². The van der Waals surface area contributed by atoms with Crippen LogP contribution in [0.25, 0.3) is 0 Å². The minimum atomic E-state index is -1.07. The molecular formula is C31H44N2O2. The number of likely N-dealkylation sites (N-methyl/N-ethyl adjacent to an activating group) is 1. The van der Waals surface area contributed by atoms with Crippen molar-refractivity contribution in [1.29, 1.82) is 0 Å². The fourth-order valence-corrected chi connectivity index (χ4v) is 9.92. The number of hydrogen-bond acceptors (Lipinski definition) is 3. The summed E-state index contributed by atoms with van der Waals surface area (Å²) in [5.41, 5.74) is 3.15. The Kier molecular flexibility index (Phi) is 5.73. The zero-order valence-electron chi connectivity index (χ0n) is 22.1. The lowest BCUT2D eigenvalue weighted by atomic mass is 9.47. The van der Waals surface area contributed by atoms with Gasteiger partial charge in [-0.3, -0.25) is 4.79 Å². The van der Waals surface area contributed by atoms with Gasteiger partial charge in [-0.2, -0.15) is 0 Å². The van der Waals surface area contributed by atoms with Crippen LogP contribution in [0, 0.1) is 34.5 Å². The molecule has 1 heterocycles. The number of aliphatic hydroxyl groups excluding tert-OH is 1. The summed E-state index contributed by atoms with van der Waals surface area (Å²) < 4.78 is 0. The molecule has 5 aliphatic rings. The highest BCUT2D eigenvalue weighted by atomic mass is 16.3. The summed E-state index contributed by atoms with van der Waals surface area (Å²) in [6.45, 7) is 6.35. The zero-order chi connectivity index (χ0) is 24.5. The Morgan fingerprint density at radius 2 is 1.83 bits per heavy atom. The molecule has 35 heavy (non-hydrogen) atoms. The summed E-state index contributed by atoms with van der Waals surface area (Å²) >= 11 is 0. The Bertz CT molecular complexity index is 1010. The zero-order valence-corrected chi connectivity index (χ0v) is 22.1. The quantitative estimate of drug-likeness (QED) is 0.591. The molecule has 4 aliphatic carbocycles. The molecule has 0 radical (unpaired) electrons. The topological polar surface area (TPSA) is 43.8 Å². The van der Waals surface area contributed by atoms with E-state index in [4.69, 9.17) is 0 Å². The van der Waals surface area contributed by atoms with Gasteiger partial charge in [0.05, 0.1) is 0 Å². The summed E-state index contributed by atoms with van der Waals surface area (Å²) in [5, 5.41) is 10.7. The van der Waals surface area contributed by atoms with Gasteiger partial charge in [0.2, 0.25) is 0 Å². The first-order chi connectivity index (χ1) is 16.8. The number of allylic oxidation sites excluding steroid dienone is 1. The number of hydrogen-bond donors (Lipinski definition) is 1. The lowest BCUT2D eigenvalue weighted by molar-refractivity contribution is -0.142. The van der Waals surface area contributed by atoms with Crippen LogP contribution in [0.3, 0.4) is 0 Å². The highest BCUT2D eigenvalue weighted by molar-refractivity contribution is 5.82. The van der Waals surface area contributed by atoms with Crippen molar-refractivity contribution in [3.8, 4) is 0 Å². The van der Waals surface area contributed by atoms with Crippen molar-refractivity contribution in [2.75, 3.05) is 20.6 Å². The van der Waals surface area contributed by atoms with Crippen LogP contribution in [0.1, 0.15) is 76.9 Å². The number of amides is 1. The second-order valence-corrected chi connectivity index (χ2v) is 13.0. The summed E-state index contributed by atoms with van der Waals surface area (Å²) in [7, 11) is 4.25. The lowest BCUT2D eigenvalue weighted by Crippen LogP contribution is -2.53. The molecule has 1 aliphatic heterocycles. The summed E-state index contributed by atoms with van der Waals surface area (Å²) in [5.74, 6) is 3.28. The lowest BCUT2D eigenvalue weighted by Gasteiger charge is -2.58. The molecular weight excluding hydrogens is 432 g/mol. The number of likely N-dealkylation sites (tertiary alicyclic amines) is 1. The normalized spacial score (nSPS) is 43.4. The Balaban J connectivity index is 1.19. The van der Waals surface area contributed by atoms with Crippen LogP contribution in [0.4, 0.5) is 0 Å². The highest BCUT2D eigenvalue weighted by Crippen LogP contribution is 2.68. The van der Waals surface area contributed by atoms with Gasteiger partial charge < -0.3 is 14.9 Å². The predicted molar refractivity (Wildman–Crippen MR) is 140 cm³/mol. The van der Waals surface area contributed by atoms with Crippen LogP contribution in [-0.2, 0) is 4.79 Å². The third-order valence-corrected chi connectivity index (χ3v) is 11.9. The second-order valence-electron chi connectivity index (χ2n) is 13.0. The number of carbonyl (C=O) groups excluding carboxylic acids is 1. The van der Waals surface area contributed by atoms with E-state index < -0.39 is 6.10 Å². The van der Waals surface area contributed by atoms with Gasteiger partial charge in [-0.15, -0.1) is 0 Å². The Hall–Kier alpha value is -1.65.